The fourth-order valence-electron chi connectivity index (χ4n) is 2.54. The van der Waals surface area contributed by atoms with E-state index in [0.29, 0.717) is 18.7 Å². The first kappa shape index (κ1) is 16.7. The lowest BCUT2D eigenvalue weighted by Crippen LogP contribution is -2.24. The maximum absolute atomic E-state index is 13.2. The number of hydrogen-bond acceptors (Lipinski definition) is 3. The third-order valence-electron chi connectivity index (χ3n) is 3.67. The summed E-state index contributed by atoms with van der Waals surface area (Å²) in [4.78, 5) is 13.2. The summed E-state index contributed by atoms with van der Waals surface area (Å²) in [5.41, 5.74) is 0.785. The van der Waals surface area contributed by atoms with Gasteiger partial charge in [0.05, 0.1) is 21.3 Å². The Bertz CT molecular complexity index is 902. The molecule has 1 amide bonds. The minimum absolute atomic E-state index is 0.00927. The van der Waals surface area contributed by atoms with Crippen LogP contribution < -0.4 is 9.62 Å². The summed E-state index contributed by atoms with van der Waals surface area (Å²) in [5.74, 6) is -0.649. The van der Waals surface area contributed by atoms with Gasteiger partial charge in [-0.05, 0) is 42.8 Å². The van der Waals surface area contributed by atoms with Gasteiger partial charge in [-0.15, -0.1) is 0 Å². The van der Waals surface area contributed by atoms with E-state index in [4.69, 9.17) is 11.6 Å². The Kier molecular flexibility index (Phi) is 4.47. The van der Waals surface area contributed by atoms with Crippen LogP contribution in [0.3, 0.4) is 0 Å². The summed E-state index contributed by atoms with van der Waals surface area (Å²) >= 11 is 6.19. The molecule has 24 heavy (non-hydrogen) atoms. The van der Waals surface area contributed by atoms with Crippen molar-refractivity contribution in [3.05, 3.63) is 53.3 Å². The Morgan fingerprint density at radius 3 is 2.58 bits per heavy atom. The molecule has 0 unspecified atom stereocenters. The van der Waals surface area contributed by atoms with Gasteiger partial charge in [0.15, 0.2) is 0 Å². The lowest BCUT2D eigenvalue weighted by Gasteiger charge is -2.18. The second-order valence-corrected chi connectivity index (χ2v) is 7.47. The van der Waals surface area contributed by atoms with Crippen molar-refractivity contribution < 1.29 is 17.6 Å². The zero-order valence-corrected chi connectivity index (χ0v) is 14.1. The number of nitrogens with zero attached hydrogens (tertiary/aromatic N) is 1. The van der Waals surface area contributed by atoms with Gasteiger partial charge < -0.3 is 4.90 Å². The number of carbonyl (C=O) groups excluding carboxylic acids is 1. The van der Waals surface area contributed by atoms with Crippen molar-refractivity contribution in [1.82, 2.24) is 0 Å². The summed E-state index contributed by atoms with van der Waals surface area (Å²) < 4.78 is 40.1. The van der Waals surface area contributed by atoms with E-state index in [-0.39, 0.29) is 21.5 Å². The van der Waals surface area contributed by atoms with E-state index >= 15 is 0 Å². The van der Waals surface area contributed by atoms with Gasteiger partial charge in [0, 0.05) is 13.0 Å². The highest BCUT2D eigenvalue weighted by Gasteiger charge is 2.24. The number of rotatable bonds is 4. The van der Waals surface area contributed by atoms with E-state index in [0.717, 1.165) is 18.6 Å². The van der Waals surface area contributed by atoms with Gasteiger partial charge in [0.1, 0.15) is 5.82 Å². The minimum atomic E-state index is -3.92. The van der Waals surface area contributed by atoms with Crippen molar-refractivity contribution >= 4 is 38.9 Å². The minimum Gasteiger partial charge on any atom is -0.311 e. The third-order valence-corrected chi connectivity index (χ3v) is 5.35. The lowest BCUT2D eigenvalue weighted by atomic mass is 10.2. The predicted octanol–water partition coefficient (Wildman–Crippen LogP) is 3.41. The zero-order valence-electron chi connectivity index (χ0n) is 12.5. The first-order valence-corrected chi connectivity index (χ1v) is 9.11. The molecule has 1 aliphatic rings. The molecular weight excluding hydrogens is 355 g/mol. The molecule has 1 aliphatic heterocycles. The van der Waals surface area contributed by atoms with Crippen LogP contribution in [-0.2, 0) is 14.8 Å². The van der Waals surface area contributed by atoms with E-state index in [1.807, 2.05) is 0 Å². The molecule has 2 aromatic rings. The van der Waals surface area contributed by atoms with Crippen LogP contribution in [0.5, 0.6) is 0 Å². The average molecular weight is 369 g/mol. The second kappa shape index (κ2) is 6.41. The number of benzene rings is 2. The average Bonchev–Trinajstić information content (AvgIpc) is 2.93. The van der Waals surface area contributed by atoms with Gasteiger partial charge >= 0.3 is 0 Å². The molecule has 0 spiro atoms. The summed E-state index contributed by atoms with van der Waals surface area (Å²) in [6, 6.07) is 9.25. The van der Waals surface area contributed by atoms with Gasteiger partial charge in [0.25, 0.3) is 10.0 Å². The van der Waals surface area contributed by atoms with E-state index < -0.39 is 15.8 Å². The molecule has 0 atom stereocenters. The fourth-order valence-corrected chi connectivity index (χ4v) is 3.90. The van der Waals surface area contributed by atoms with Crippen LogP contribution in [0.2, 0.25) is 5.02 Å². The van der Waals surface area contributed by atoms with E-state index in [1.165, 1.54) is 24.3 Å². The second-order valence-electron chi connectivity index (χ2n) is 5.38. The first-order chi connectivity index (χ1) is 11.4. The van der Waals surface area contributed by atoms with Crippen molar-refractivity contribution in [3.8, 4) is 0 Å². The number of anilines is 2. The van der Waals surface area contributed by atoms with E-state index in [9.17, 15) is 17.6 Å². The predicted molar refractivity (Wildman–Crippen MR) is 90.2 cm³/mol. The molecule has 5 nitrogen and oxygen atoms in total. The van der Waals surface area contributed by atoms with Crippen molar-refractivity contribution in [3.63, 3.8) is 0 Å². The van der Waals surface area contributed by atoms with Crippen molar-refractivity contribution in [1.29, 1.82) is 0 Å². The highest BCUT2D eigenvalue weighted by Crippen LogP contribution is 2.32. The topological polar surface area (TPSA) is 66.5 Å². The van der Waals surface area contributed by atoms with E-state index in [2.05, 4.69) is 4.72 Å². The molecule has 0 aromatic heterocycles. The molecule has 1 N–H and O–H groups in total. The van der Waals surface area contributed by atoms with Gasteiger partial charge in [-0.3, -0.25) is 9.52 Å². The molecule has 0 aliphatic carbocycles. The number of amides is 1. The normalized spacial score (nSPS) is 14.9. The van der Waals surface area contributed by atoms with Crippen molar-refractivity contribution in [2.45, 2.75) is 17.7 Å². The summed E-state index contributed by atoms with van der Waals surface area (Å²) in [6.07, 6.45) is 1.24. The Labute approximate surface area is 144 Å². The number of sulfonamides is 1. The maximum Gasteiger partial charge on any atom is 0.261 e. The molecule has 1 heterocycles. The van der Waals surface area contributed by atoms with Crippen LogP contribution in [0.25, 0.3) is 0 Å². The largest absolute Gasteiger partial charge is 0.311 e. The molecule has 1 fully saturated rings. The summed E-state index contributed by atoms with van der Waals surface area (Å²) in [7, 11) is -3.92. The van der Waals surface area contributed by atoms with Gasteiger partial charge in [0.2, 0.25) is 5.91 Å². The smallest absolute Gasteiger partial charge is 0.261 e. The molecule has 0 bridgehead atoms. The molecular formula is C16H14ClFN2O3S. The van der Waals surface area contributed by atoms with Gasteiger partial charge in [-0.1, -0.05) is 17.7 Å². The quantitative estimate of drug-likeness (QED) is 0.899. The Hall–Kier alpha value is -2.12. The van der Waals surface area contributed by atoms with Crippen LogP contribution in [0.4, 0.5) is 15.8 Å². The monoisotopic (exact) mass is 368 g/mol. The molecule has 1 saturated heterocycles. The number of halogens is 2. The molecule has 0 radical (unpaired) electrons. The molecule has 8 heteroatoms. The molecule has 0 saturated carbocycles. The van der Waals surface area contributed by atoms with Crippen LogP contribution in [0.15, 0.2) is 47.4 Å². The standard InChI is InChI=1S/C16H14ClFN2O3S/c17-14-10-12(6-7-15(14)20-8-2-5-16(20)21)19-24(22,23)13-4-1-3-11(18)9-13/h1,3-4,6-7,9-10,19H,2,5,8H2. The number of nitrogens with one attached hydrogen (secondary N) is 1. The Morgan fingerprint density at radius 2 is 1.96 bits per heavy atom. The van der Waals surface area contributed by atoms with Crippen molar-refractivity contribution in [2.75, 3.05) is 16.2 Å². The molecule has 126 valence electrons. The van der Waals surface area contributed by atoms with Gasteiger partial charge in [-0.2, -0.15) is 0 Å². The van der Waals surface area contributed by atoms with Crippen molar-refractivity contribution in [2.24, 2.45) is 0 Å². The fraction of sp³-hybridized carbons (Fsp3) is 0.188. The van der Waals surface area contributed by atoms with Crippen LogP contribution >= 0.6 is 11.6 Å². The zero-order chi connectivity index (χ0) is 17.3. The number of carbonyl (C=O) groups is 1. The third kappa shape index (κ3) is 3.37. The number of hydrogen-bond donors (Lipinski definition) is 1. The highest BCUT2D eigenvalue weighted by molar-refractivity contribution is 7.92. The van der Waals surface area contributed by atoms with Gasteiger partial charge in [-0.25, -0.2) is 12.8 Å². The van der Waals surface area contributed by atoms with Crippen LogP contribution in [-0.4, -0.2) is 20.9 Å². The SMILES string of the molecule is O=C1CCCN1c1ccc(NS(=O)(=O)c2cccc(F)c2)cc1Cl. The summed E-state index contributed by atoms with van der Waals surface area (Å²) in [5, 5.41) is 0.268. The molecule has 2 aromatic carbocycles. The lowest BCUT2D eigenvalue weighted by molar-refractivity contribution is -0.117. The Morgan fingerprint density at radius 1 is 1.17 bits per heavy atom. The maximum atomic E-state index is 13.2. The highest BCUT2D eigenvalue weighted by atomic mass is 35.5. The van der Waals surface area contributed by atoms with Crippen LogP contribution in [0, 0.1) is 5.82 Å². The Balaban J connectivity index is 1.86. The first-order valence-electron chi connectivity index (χ1n) is 7.25. The summed E-state index contributed by atoms with van der Waals surface area (Å²) in [6.45, 7) is 0.590. The van der Waals surface area contributed by atoms with Crippen LogP contribution in [0.1, 0.15) is 12.8 Å². The van der Waals surface area contributed by atoms with E-state index in [1.54, 1.807) is 11.0 Å². The molecule has 3 rings (SSSR count).